The highest BCUT2D eigenvalue weighted by molar-refractivity contribution is 5.96. The number of rotatable bonds is 4. The van der Waals surface area contributed by atoms with Crippen LogP contribution in [0.4, 0.5) is 4.39 Å². The molecule has 3 aromatic rings. The number of hydrogen-bond acceptors (Lipinski definition) is 3. The fraction of sp³-hybridized carbons (Fsp3) is 0.0625. The molecule has 0 radical (unpaired) electrons. The number of pyridine rings is 1. The lowest BCUT2D eigenvalue weighted by Crippen LogP contribution is -2.37. The van der Waals surface area contributed by atoms with E-state index in [0.717, 1.165) is 0 Å². The summed E-state index contributed by atoms with van der Waals surface area (Å²) in [6.07, 6.45) is 3.10. The SMILES string of the molecule is NC(=O)[C@@H](NC(=O)c1cnc2ccccn12)c1ccc(F)cc1. The Hall–Kier alpha value is -3.22. The van der Waals surface area contributed by atoms with Gasteiger partial charge >= 0.3 is 0 Å². The topological polar surface area (TPSA) is 89.5 Å². The van der Waals surface area contributed by atoms with Crippen molar-refractivity contribution in [2.75, 3.05) is 0 Å². The summed E-state index contributed by atoms with van der Waals surface area (Å²) in [5.74, 6) is -1.68. The van der Waals surface area contributed by atoms with E-state index in [2.05, 4.69) is 10.3 Å². The highest BCUT2D eigenvalue weighted by Crippen LogP contribution is 2.15. The predicted octanol–water partition coefficient (Wildman–Crippen LogP) is 1.43. The van der Waals surface area contributed by atoms with Crippen LogP contribution in [0.2, 0.25) is 0 Å². The summed E-state index contributed by atoms with van der Waals surface area (Å²) in [7, 11) is 0. The highest BCUT2D eigenvalue weighted by Gasteiger charge is 2.22. The molecule has 0 saturated carbocycles. The second-order valence-corrected chi connectivity index (χ2v) is 4.93. The third-order valence-electron chi connectivity index (χ3n) is 3.41. The van der Waals surface area contributed by atoms with Crippen molar-refractivity contribution in [2.45, 2.75) is 6.04 Å². The van der Waals surface area contributed by atoms with Gasteiger partial charge < -0.3 is 11.1 Å². The van der Waals surface area contributed by atoms with Gasteiger partial charge in [0.05, 0.1) is 6.20 Å². The first-order chi connectivity index (χ1) is 11.1. The van der Waals surface area contributed by atoms with E-state index in [1.807, 2.05) is 0 Å². The summed E-state index contributed by atoms with van der Waals surface area (Å²) in [4.78, 5) is 28.2. The Labute approximate surface area is 130 Å². The van der Waals surface area contributed by atoms with Crippen LogP contribution in [-0.4, -0.2) is 21.2 Å². The van der Waals surface area contributed by atoms with E-state index in [4.69, 9.17) is 5.73 Å². The Kier molecular flexibility index (Phi) is 3.76. The van der Waals surface area contributed by atoms with Crippen molar-refractivity contribution in [2.24, 2.45) is 5.73 Å². The second-order valence-electron chi connectivity index (χ2n) is 4.93. The number of carbonyl (C=O) groups excluding carboxylic acids is 2. The number of nitrogens with zero attached hydrogens (tertiary/aromatic N) is 2. The number of amides is 2. The van der Waals surface area contributed by atoms with Gasteiger partial charge in [-0.3, -0.25) is 14.0 Å². The largest absolute Gasteiger partial charge is 0.368 e. The van der Waals surface area contributed by atoms with Gasteiger partial charge in [0, 0.05) is 6.20 Å². The Balaban J connectivity index is 1.89. The molecule has 0 aliphatic rings. The molecule has 2 heterocycles. The zero-order valence-corrected chi connectivity index (χ0v) is 11.9. The maximum atomic E-state index is 13.0. The van der Waals surface area contributed by atoms with Gasteiger partial charge in [0.1, 0.15) is 23.2 Å². The third kappa shape index (κ3) is 2.89. The van der Waals surface area contributed by atoms with E-state index in [1.54, 1.807) is 28.8 Å². The molecule has 1 atom stereocenters. The summed E-state index contributed by atoms with van der Waals surface area (Å²) in [5, 5.41) is 2.55. The quantitative estimate of drug-likeness (QED) is 0.763. The average molecular weight is 312 g/mol. The van der Waals surface area contributed by atoms with Crippen LogP contribution in [0.15, 0.2) is 54.9 Å². The van der Waals surface area contributed by atoms with Gasteiger partial charge in [0.25, 0.3) is 5.91 Å². The zero-order valence-electron chi connectivity index (χ0n) is 11.9. The number of benzene rings is 1. The lowest BCUT2D eigenvalue weighted by Gasteiger charge is -2.15. The smallest absolute Gasteiger partial charge is 0.270 e. The minimum atomic E-state index is -1.06. The maximum Gasteiger partial charge on any atom is 0.270 e. The molecule has 0 aliphatic carbocycles. The Bertz CT molecular complexity index is 873. The summed E-state index contributed by atoms with van der Waals surface area (Å²) in [6, 6.07) is 9.46. The van der Waals surface area contributed by atoms with Crippen molar-refractivity contribution in [3.05, 3.63) is 71.9 Å². The molecule has 2 amide bonds. The summed E-state index contributed by atoms with van der Waals surface area (Å²) < 4.78 is 14.6. The van der Waals surface area contributed by atoms with Gasteiger partial charge in [0.15, 0.2) is 0 Å². The summed E-state index contributed by atoms with van der Waals surface area (Å²) in [6.45, 7) is 0. The van der Waals surface area contributed by atoms with E-state index in [9.17, 15) is 14.0 Å². The molecule has 0 unspecified atom stereocenters. The molecule has 1 aromatic carbocycles. The Morgan fingerprint density at radius 2 is 1.91 bits per heavy atom. The molecule has 0 bridgehead atoms. The summed E-state index contributed by atoms with van der Waals surface area (Å²) in [5.41, 5.74) is 6.63. The molecule has 2 aromatic heterocycles. The number of imidazole rings is 1. The lowest BCUT2D eigenvalue weighted by atomic mass is 10.1. The van der Waals surface area contributed by atoms with Crippen LogP contribution in [-0.2, 0) is 4.79 Å². The summed E-state index contributed by atoms with van der Waals surface area (Å²) >= 11 is 0. The average Bonchev–Trinajstić information content (AvgIpc) is 2.97. The number of halogens is 1. The third-order valence-corrected chi connectivity index (χ3v) is 3.41. The van der Waals surface area contributed by atoms with Crippen LogP contribution in [0.5, 0.6) is 0 Å². The number of nitrogens with two attached hydrogens (primary N) is 1. The van der Waals surface area contributed by atoms with Crippen LogP contribution < -0.4 is 11.1 Å². The number of primary amides is 1. The van der Waals surface area contributed by atoms with Crippen molar-refractivity contribution < 1.29 is 14.0 Å². The standard InChI is InChI=1S/C16H13FN4O2/c17-11-6-4-10(5-7-11)14(15(18)22)20-16(23)12-9-19-13-3-1-2-8-21(12)13/h1-9,14H,(H2,18,22)(H,20,23)/t14-/m0/s1. The molecule has 0 aliphatic heterocycles. The van der Waals surface area contributed by atoms with E-state index in [-0.39, 0.29) is 5.69 Å². The first-order valence-electron chi connectivity index (χ1n) is 6.84. The molecule has 3 rings (SSSR count). The molecule has 0 saturated heterocycles. The highest BCUT2D eigenvalue weighted by atomic mass is 19.1. The fourth-order valence-electron chi connectivity index (χ4n) is 2.28. The minimum Gasteiger partial charge on any atom is -0.368 e. The number of hydrogen-bond donors (Lipinski definition) is 2. The molecule has 0 spiro atoms. The molecular formula is C16H13FN4O2. The van der Waals surface area contributed by atoms with E-state index in [0.29, 0.717) is 11.2 Å². The maximum absolute atomic E-state index is 13.0. The van der Waals surface area contributed by atoms with Gasteiger partial charge in [-0.25, -0.2) is 9.37 Å². The normalized spacial score (nSPS) is 12.0. The van der Waals surface area contributed by atoms with Crippen LogP contribution in [0.3, 0.4) is 0 Å². The number of fused-ring (bicyclic) bond motifs is 1. The molecular weight excluding hydrogens is 299 g/mol. The van der Waals surface area contributed by atoms with Crippen LogP contribution >= 0.6 is 0 Å². The minimum absolute atomic E-state index is 0.272. The molecule has 0 fully saturated rings. The molecule has 116 valence electrons. The fourth-order valence-corrected chi connectivity index (χ4v) is 2.28. The van der Waals surface area contributed by atoms with Crippen LogP contribution in [0.25, 0.3) is 5.65 Å². The van der Waals surface area contributed by atoms with E-state index >= 15 is 0 Å². The van der Waals surface area contributed by atoms with Crippen molar-refractivity contribution in [3.63, 3.8) is 0 Å². The number of carbonyl (C=O) groups is 2. The van der Waals surface area contributed by atoms with Crippen molar-refractivity contribution in [1.82, 2.24) is 14.7 Å². The van der Waals surface area contributed by atoms with Gasteiger partial charge in [-0.05, 0) is 29.8 Å². The van der Waals surface area contributed by atoms with Crippen molar-refractivity contribution in [3.8, 4) is 0 Å². The van der Waals surface area contributed by atoms with Gasteiger partial charge in [-0.15, -0.1) is 0 Å². The van der Waals surface area contributed by atoms with Crippen LogP contribution in [0, 0.1) is 5.82 Å². The predicted molar refractivity (Wildman–Crippen MR) is 81.0 cm³/mol. The zero-order chi connectivity index (χ0) is 16.4. The molecule has 7 heteroatoms. The van der Waals surface area contributed by atoms with Gasteiger partial charge in [-0.2, -0.15) is 0 Å². The van der Waals surface area contributed by atoms with Crippen LogP contribution in [0.1, 0.15) is 22.1 Å². The monoisotopic (exact) mass is 312 g/mol. The van der Waals surface area contributed by atoms with Crippen molar-refractivity contribution >= 4 is 17.5 Å². The van der Waals surface area contributed by atoms with Crippen molar-refractivity contribution in [1.29, 1.82) is 0 Å². The van der Waals surface area contributed by atoms with E-state index < -0.39 is 23.7 Å². The first kappa shape index (κ1) is 14.7. The van der Waals surface area contributed by atoms with Gasteiger partial charge in [-0.1, -0.05) is 18.2 Å². The Morgan fingerprint density at radius 1 is 1.17 bits per heavy atom. The number of nitrogens with one attached hydrogen (secondary N) is 1. The second kappa shape index (κ2) is 5.88. The Morgan fingerprint density at radius 3 is 2.61 bits per heavy atom. The van der Waals surface area contributed by atoms with Gasteiger partial charge in [0.2, 0.25) is 5.91 Å². The van der Waals surface area contributed by atoms with E-state index in [1.165, 1.54) is 30.5 Å². The number of aromatic nitrogens is 2. The molecule has 6 nitrogen and oxygen atoms in total. The molecule has 3 N–H and O–H groups in total. The molecule has 23 heavy (non-hydrogen) atoms. The first-order valence-corrected chi connectivity index (χ1v) is 6.84. The lowest BCUT2D eigenvalue weighted by molar-refractivity contribution is -0.120.